The Labute approximate surface area is 112 Å². The van der Waals surface area contributed by atoms with Gasteiger partial charge in [0.05, 0.1) is 5.60 Å². The number of likely N-dealkylation sites (N-methyl/N-ethyl adjacent to an activating group) is 1. The van der Waals surface area contributed by atoms with Crippen LogP contribution in [0.15, 0.2) is 12.7 Å². The van der Waals surface area contributed by atoms with E-state index in [0.29, 0.717) is 32.6 Å². The highest BCUT2D eigenvalue weighted by molar-refractivity contribution is 5.79. The predicted octanol–water partition coefficient (Wildman–Crippen LogP) is -0.161. The van der Waals surface area contributed by atoms with Crippen molar-refractivity contribution in [2.45, 2.75) is 31.4 Å². The zero-order valence-corrected chi connectivity index (χ0v) is 11.3. The predicted molar refractivity (Wildman–Crippen MR) is 67.4 cm³/mol. The van der Waals surface area contributed by atoms with E-state index in [-0.39, 0.29) is 5.91 Å². The van der Waals surface area contributed by atoms with Crippen LogP contribution in [0, 0.1) is 0 Å². The van der Waals surface area contributed by atoms with Crippen molar-refractivity contribution in [2.75, 3.05) is 26.8 Å². The summed E-state index contributed by atoms with van der Waals surface area (Å²) in [6, 6.07) is -0.420. The summed E-state index contributed by atoms with van der Waals surface area (Å²) in [5.74, 6) is -0.0922. The second kappa shape index (κ2) is 5.66. The maximum absolute atomic E-state index is 12.3. The molecule has 2 rings (SSSR count). The van der Waals surface area contributed by atoms with Crippen molar-refractivity contribution < 1.29 is 14.6 Å². The first kappa shape index (κ1) is 14.0. The first-order valence-electron chi connectivity index (χ1n) is 6.41. The van der Waals surface area contributed by atoms with Gasteiger partial charge in [0.15, 0.2) is 0 Å². The minimum absolute atomic E-state index is 0.0922. The molecule has 0 radical (unpaired) electrons. The van der Waals surface area contributed by atoms with Gasteiger partial charge in [0, 0.05) is 39.6 Å². The summed E-state index contributed by atoms with van der Waals surface area (Å²) in [5, 5.41) is 14.4. The van der Waals surface area contributed by atoms with E-state index in [1.807, 2.05) is 0 Å². The quantitative estimate of drug-likeness (QED) is 0.820. The average Bonchev–Trinajstić information content (AvgIpc) is 2.91. The molecule has 0 bridgehead atoms. The summed E-state index contributed by atoms with van der Waals surface area (Å²) in [7, 11) is 1.70. The largest absolute Gasteiger partial charge is 0.388 e. The smallest absolute Gasteiger partial charge is 0.247 e. The number of aliphatic hydroxyl groups is 1. The van der Waals surface area contributed by atoms with Crippen LogP contribution in [0.3, 0.4) is 0 Å². The van der Waals surface area contributed by atoms with Crippen molar-refractivity contribution in [1.29, 1.82) is 0 Å². The second-order valence-corrected chi connectivity index (χ2v) is 5.08. The molecule has 7 heteroatoms. The fourth-order valence-corrected chi connectivity index (χ4v) is 2.28. The van der Waals surface area contributed by atoms with Crippen LogP contribution in [-0.2, 0) is 9.53 Å². The molecule has 1 atom stereocenters. The Kier molecular flexibility index (Phi) is 4.16. The van der Waals surface area contributed by atoms with Crippen molar-refractivity contribution in [2.24, 2.45) is 0 Å². The van der Waals surface area contributed by atoms with Crippen LogP contribution in [0.25, 0.3) is 0 Å². The van der Waals surface area contributed by atoms with E-state index in [0.717, 1.165) is 0 Å². The fraction of sp³-hybridized carbons (Fsp3) is 0.750. The van der Waals surface area contributed by atoms with Gasteiger partial charge < -0.3 is 14.7 Å². The highest BCUT2D eigenvalue weighted by Crippen LogP contribution is 2.22. The van der Waals surface area contributed by atoms with Crippen molar-refractivity contribution in [3.63, 3.8) is 0 Å². The molecule has 1 aromatic rings. The molecule has 19 heavy (non-hydrogen) atoms. The van der Waals surface area contributed by atoms with E-state index in [4.69, 9.17) is 4.74 Å². The van der Waals surface area contributed by atoms with Crippen molar-refractivity contribution in [3.8, 4) is 0 Å². The third kappa shape index (κ3) is 3.30. The van der Waals surface area contributed by atoms with Crippen molar-refractivity contribution in [3.05, 3.63) is 12.7 Å². The van der Waals surface area contributed by atoms with Gasteiger partial charge in [-0.15, -0.1) is 0 Å². The Hall–Kier alpha value is -1.47. The molecule has 7 nitrogen and oxygen atoms in total. The molecule has 1 fully saturated rings. The Bertz CT molecular complexity index is 415. The summed E-state index contributed by atoms with van der Waals surface area (Å²) in [6.07, 6.45) is 4.03. The standard InChI is InChI=1S/C12H20N4O3/c1-10(16-9-13-8-14-16)11(17)15(2)7-12(18)3-5-19-6-4-12/h8-10,18H,3-7H2,1-2H3. The molecular formula is C12H20N4O3. The van der Waals surface area contributed by atoms with Crippen LogP contribution in [0.5, 0.6) is 0 Å². The Morgan fingerprint density at radius 1 is 1.58 bits per heavy atom. The van der Waals surface area contributed by atoms with Crippen LogP contribution < -0.4 is 0 Å². The number of rotatable bonds is 4. The van der Waals surface area contributed by atoms with Gasteiger partial charge >= 0.3 is 0 Å². The highest BCUT2D eigenvalue weighted by Gasteiger charge is 2.33. The maximum Gasteiger partial charge on any atom is 0.247 e. The molecule has 0 aliphatic carbocycles. The molecular weight excluding hydrogens is 248 g/mol. The number of hydrogen-bond acceptors (Lipinski definition) is 5. The van der Waals surface area contributed by atoms with E-state index in [9.17, 15) is 9.90 Å². The summed E-state index contributed by atoms with van der Waals surface area (Å²) in [6.45, 7) is 3.16. The SMILES string of the molecule is CC(C(=O)N(C)CC1(O)CCOCC1)n1cncn1. The lowest BCUT2D eigenvalue weighted by Crippen LogP contribution is -2.48. The number of hydrogen-bond donors (Lipinski definition) is 1. The molecule has 106 valence electrons. The van der Waals surface area contributed by atoms with Crippen molar-refractivity contribution in [1.82, 2.24) is 19.7 Å². The lowest BCUT2D eigenvalue weighted by atomic mass is 9.94. The molecule has 1 amide bonds. The minimum atomic E-state index is -0.843. The van der Waals surface area contributed by atoms with Crippen LogP contribution in [0.1, 0.15) is 25.8 Å². The first-order chi connectivity index (χ1) is 9.02. The van der Waals surface area contributed by atoms with E-state index in [1.165, 1.54) is 17.3 Å². The molecule has 2 heterocycles. The van der Waals surface area contributed by atoms with Crippen LogP contribution in [-0.4, -0.2) is 63.1 Å². The molecule has 0 aromatic carbocycles. The topological polar surface area (TPSA) is 80.5 Å². The average molecular weight is 268 g/mol. The van der Waals surface area contributed by atoms with Gasteiger partial charge in [0.1, 0.15) is 18.7 Å². The second-order valence-electron chi connectivity index (χ2n) is 5.08. The van der Waals surface area contributed by atoms with Gasteiger partial charge in [-0.1, -0.05) is 0 Å². The van der Waals surface area contributed by atoms with Crippen molar-refractivity contribution >= 4 is 5.91 Å². The van der Waals surface area contributed by atoms with Gasteiger partial charge in [-0.25, -0.2) is 9.67 Å². The number of carbonyl (C=O) groups is 1. The maximum atomic E-state index is 12.3. The van der Waals surface area contributed by atoms with Gasteiger partial charge in [0.2, 0.25) is 5.91 Å². The minimum Gasteiger partial charge on any atom is -0.388 e. The Morgan fingerprint density at radius 2 is 2.26 bits per heavy atom. The van der Waals surface area contributed by atoms with E-state index in [2.05, 4.69) is 10.1 Å². The molecule has 1 N–H and O–H groups in total. The van der Waals surface area contributed by atoms with Gasteiger partial charge in [0.25, 0.3) is 0 Å². The van der Waals surface area contributed by atoms with E-state index in [1.54, 1.807) is 18.9 Å². The number of nitrogens with zero attached hydrogens (tertiary/aromatic N) is 4. The van der Waals surface area contributed by atoms with Crippen LogP contribution in [0.2, 0.25) is 0 Å². The van der Waals surface area contributed by atoms with Gasteiger partial charge in [-0.2, -0.15) is 5.10 Å². The van der Waals surface area contributed by atoms with Gasteiger partial charge in [-0.3, -0.25) is 4.79 Å². The van der Waals surface area contributed by atoms with E-state index >= 15 is 0 Å². The Morgan fingerprint density at radius 3 is 2.84 bits per heavy atom. The molecule has 1 saturated heterocycles. The first-order valence-corrected chi connectivity index (χ1v) is 6.41. The summed E-state index contributed by atoms with van der Waals surface area (Å²) < 4.78 is 6.73. The lowest BCUT2D eigenvalue weighted by Gasteiger charge is -2.36. The number of carbonyl (C=O) groups excluding carboxylic acids is 1. The zero-order valence-electron chi connectivity index (χ0n) is 11.3. The summed E-state index contributed by atoms with van der Waals surface area (Å²) in [4.78, 5) is 17.6. The number of ether oxygens (including phenoxy) is 1. The third-order valence-corrected chi connectivity index (χ3v) is 3.52. The molecule has 1 unspecified atom stereocenters. The molecule has 1 aromatic heterocycles. The normalized spacial score (nSPS) is 19.9. The number of aromatic nitrogens is 3. The van der Waals surface area contributed by atoms with Crippen LogP contribution >= 0.6 is 0 Å². The summed E-state index contributed by atoms with van der Waals surface area (Å²) >= 11 is 0. The van der Waals surface area contributed by atoms with Crippen LogP contribution in [0.4, 0.5) is 0 Å². The molecule has 1 aliphatic rings. The lowest BCUT2D eigenvalue weighted by molar-refractivity contribution is -0.140. The fourth-order valence-electron chi connectivity index (χ4n) is 2.28. The monoisotopic (exact) mass is 268 g/mol. The number of amides is 1. The van der Waals surface area contributed by atoms with Gasteiger partial charge in [-0.05, 0) is 6.92 Å². The third-order valence-electron chi connectivity index (χ3n) is 3.52. The molecule has 0 saturated carbocycles. The Balaban J connectivity index is 1.95. The summed E-state index contributed by atoms with van der Waals surface area (Å²) in [5.41, 5.74) is -0.843. The molecule has 1 aliphatic heterocycles. The zero-order chi connectivity index (χ0) is 13.9. The highest BCUT2D eigenvalue weighted by atomic mass is 16.5. The van der Waals surface area contributed by atoms with E-state index < -0.39 is 11.6 Å². The molecule has 0 spiro atoms.